The van der Waals surface area contributed by atoms with Gasteiger partial charge in [-0.15, -0.1) is 0 Å². The number of anilines is 1. The van der Waals surface area contributed by atoms with E-state index in [1.54, 1.807) is 12.1 Å². The Hall–Kier alpha value is -2.11. The first-order chi connectivity index (χ1) is 9.16. The van der Waals surface area contributed by atoms with Gasteiger partial charge < -0.3 is 16.0 Å². The van der Waals surface area contributed by atoms with Gasteiger partial charge in [-0.25, -0.2) is 4.98 Å². The van der Waals surface area contributed by atoms with E-state index in [0.717, 1.165) is 25.9 Å². The van der Waals surface area contributed by atoms with E-state index in [1.807, 2.05) is 4.90 Å². The molecule has 0 aliphatic carbocycles. The van der Waals surface area contributed by atoms with E-state index in [4.69, 9.17) is 5.73 Å². The van der Waals surface area contributed by atoms with E-state index in [0.29, 0.717) is 11.4 Å². The van der Waals surface area contributed by atoms with Gasteiger partial charge in [-0.3, -0.25) is 9.59 Å². The van der Waals surface area contributed by atoms with Gasteiger partial charge in [0, 0.05) is 19.3 Å². The molecule has 1 saturated heterocycles. The van der Waals surface area contributed by atoms with Crippen LogP contribution in [0.2, 0.25) is 0 Å². The fraction of sp³-hybridized carbons (Fsp3) is 0.462. The van der Waals surface area contributed by atoms with Crippen LogP contribution in [0.15, 0.2) is 18.3 Å². The third kappa shape index (κ3) is 3.67. The molecular formula is C13H18N4O2. The molecule has 2 heterocycles. The number of hydrogen-bond donors (Lipinski definition) is 2. The average Bonchev–Trinajstić information content (AvgIpc) is 2.46. The van der Waals surface area contributed by atoms with E-state index in [2.05, 4.69) is 10.3 Å². The van der Waals surface area contributed by atoms with E-state index >= 15 is 0 Å². The zero-order valence-corrected chi connectivity index (χ0v) is 10.8. The van der Waals surface area contributed by atoms with Crippen molar-refractivity contribution < 1.29 is 9.59 Å². The minimum Gasteiger partial charge on any atom is -0.366 e. The van der Waals surface area contributed by atoms with Crippen molar-refractivity contribution in [2.45, 2.75) is 19.3 Å². The SMILES string of the molecule is NC(=O)c1ccc(NCC(=O)N2CCCCC2)nc1. The van der Waals surface area contributed by atoms with Crippen molar-refractivity contribution in [2.24, 2.45) is 5.73 Å². The van der Waals surface area contributed by atoms with Gasteiger partial charge in [0.15, 0.2) is 0 Å². The number of carbonyl (C=O) groups is 2. The summed E-state index contributed by atoms with van der Waals surface area (Å²) in [5.74, 6) is 0.138. The average molecular weight is 262 g/mol. The molecule has 19 heavy (non-hydrogen) atoms. The number of carbonyl (C=O) groups excluding carboxylic acids is 2. The van der Waals surface area contributed by atoms with Gasteiger partial charge in [-0.2, -0.15) is 0 Å². The zero-order chi connectivity index (χ0) is 13.7. The van der Waals surface area contributed by atoms with Crippen LogP contribution >= 0.6 is 0 Å². The predicted molar refractivity (Wildman–Crippen MR) is 71.7 cm³/mol. The molecule has 1 aromatic rings. The molecule has 6 nitrogen and oxygen atoms in total. The van der Waals surface area contributed by atoms with Crippen LogP contribution in [0.1, 0.15) is 29.6 Å². The normalized spacial score (nSPS) is 15.1. The van der Waals surface area contributed by atoms with Crippen molar-refractivity contribution in [2.75, 3.05) is 25.0 Å². The molecule has 0 aromatic carbocycles. The highest BCUT2D eigenvalue weighted by atomic mass is 16.2. The van der Waals surface area contributed by atoms with Crippen LogP contribution in [-0.2, 0) is 4.79 Å². The van der Waals surface area contributed by atoms with Crippen LogP contribution in [0.4, 0.5) is 5.82 Å². The monoisotopic (exact) mass is 262 g/mol. The van der Waals surface area contributed by atoms with Crippen molar-refractivity contribution in [3.05, 3.63) is 23.9 Å². The van der Waals surface area contributed by atoms with Gasteiger partial charge in [-0.1, -0.05) is 0 Å². The third-order valence-corrected chi connectivity index (χ3v) is 3.18. The Morgan fingerprint density at radius 3 is 2.58 bits per heavy atom. The smallest absolute Gasteiger partial charge is 0.250 e. The molecule has 0 bridgehead atoms. The highest BCUT2D eigenvalue weighted by molar-refractivity contribution is 5.92. The second-order valence-corrected chi connectivity index (χ2v) is 4.59. The number of aromatic nitrogens is 1. The molecular weight excluding hydrogens is 244 g/mol. The lowest BCUT2D eigenvalue weighted by molar-refractivity contribution is -0.130. The lowest BCUT2D eigenvalue weighted by Crippen LogP contribution is -2.39. The Bertz CT molecular complexity index is 452. The highest BCUT2D eigenvalue weighted by Gasteiger charge is 2.15. The number of nitrogens with zero attached hydrogens (tertiary/aromatic N) is 2. The maximum Gasteiger partial charge on any atom is 0.250 e. The molecule has 2 rings (SSSR count). The summed E-state index contributed by atoms with van der Waals surface area (Å²) in [7, 11) is 0. The summed E-state index contributed by atoms with van der Waals surface area (Å²) < 4.78 is 0. The summed E-state index contributed by atoms with van der Waals surface area (Å²) in [5.41, 5.74) is 5.48. The van der Waals surface area contributed by atoms with Crippen molar-refractivity contribution in [3.8, 4) is 0 Å². The quantitative estimate of drug-likeness (QED) is 0.832. The second kappa shape index (κ2) is 6.17. The standard InChI is InChI=1S/C13H18N4O2/c14-13(19)10-4-5-11(15-8-10)16-9-12(18)17-6-2-1-3-7-17/h4-5,8H,1-3,6-7,9H2,(H2,14,19)(H,15,16). The molecule has 1 aliphatic heterocycles. The van der Waals surface area contributed by atoms with Gasteiger partial charge in [0.05, 0.1) is 12.1 Å². The van der Waals surface area contributed by atoms with Crippen LogP contribution in [0.5, 0.6) is 0 Å². The summed E-state index contributed by atoms with van der Waals surface area (Å²) in [6.45, 7) is 1.91. The molecule has 102 valence electrons. The fourth-order valence-electron chi connectivity index (χ4n) is 2.07. The Morgan fingerprint density at radius 2 is 2.00 bits per heavy atom. The third-order valence-electron chi connectivity index (χ3n) is 3.18. The maximum absolute atomic E-state index is 11.9. The van der Waals surface area contributed by atoms with Crippen LogP contribution in [0.25, 0.3) is 0 Å². The Labute approximate surface area is 112 Å². The molecule has 3 N–H and O–H groups in total. The van der Waals surface area contributed by atoms with Crippen molar-refractivity contribution in [1.29, 1.82) is 0 Å². The van der Waals surface area contributed by atoms with E-state index in [-0.39, 0.29) is 12.5 Å². The molecule has 0 unspecified atom stereocenters. The van der Waals surface area contributed by atoms with E-state index < -0.39 is 5.91 Å². The van der Waals surface area contributed by atoms with Crippen molar-refractivity contribution in [3.63, 3.8) is 0 Å². The molecule has 2 amide bonds. The molecule has 1 aromatic heterocycles. The van der Waals surface area contributed by atoms with Crippen LogP contribution in [0.3, 0.4) is 0 Å². The Morgan fingerprint density at radius 1 is 1.26 bits per heavy atom. The molecule has 0 atom stereocenters. The predicted octanol–water partition coefficient (Wildman–Crippen LogP) is 0.605. The summed E-state index contributed by atoms with van der Waals surface area (Å²) in [5, 5.41) is 2.95. The molecule has 0 spiro atoms. The minimum absolute atomic E-state index is 0.0838. The van der Waals surface area contributed by atoms with Gasteiger partial charge >= 0.3 is 0 Å². The largest absolute Gasteiger partial charge is 0.366 e. The molecule has 0 radical (unpaired) electrons. The number of nitrogens with one attached hydrogen (secondary N) is 1. The number of piperidine rings is 1. The highest BCUT2D eigenvalue weighted by Crippen LogP contribution is 2.09. The summed E-state index contributed by atoms with van der Waals surface area (Å²) in [4.78, 5) is 28.7. The van der Waals surface area contributed by atoms with Gasteiger partial charge in [0.2, 0.25) is 11.8 Å². The first kappa shape index (κ1) is 13.3. The van der Waals surface area contributed by atoms with Crippen molar-refractivity contribution >= 4 is 17.6 Å². The topological polar surface area (TPSA) is 88.3 Å². The van der Waals surface area contributed by atoms with E-state index in [9.17, 15) is 9.59 Å². The number of hydrogen-bond acceptors (Lipinski definition) is 4. The maximum atomic E-state index is 11.9. The number of nitrogens with two attached hydrogens (primary N) is 1. The zero-order valence-electron chi connectivity index (χ0n) is 10.8. The number of pyridine rings is 1. The fourth-order valence-corrected chi connectivity index (χ4v) is 2.07. The lowest BCUT2D eigenvalue weighted by atomic mass is 10.1. The van der Waals surface area contributed by atoms with Crippen LogP contribution in [-0.4, -0.2) is 41.3 Å². The molecule has 1 aliphatic rings. The Kier molecular flexibility index (Phi) is 4.33. The first-order valence-corrected chi connectivity index (χ1v) is 6.44. The Balaban J connectivity index is 1.84. The minimum atomic E-state index is -0.511. The van der Waals surface area contributed by atoms with E-state index in [1.165, 1.54) is 12.6 Å². The van der Waals surface area contributed by atoms with Gasteiger partial charge in [-0.05, 0) is 31.4 Å². The van der Waals surface area contributed by atoms with Gasteiger partial charge in [0.1, 0.15) is 5.82 Å². The first-order valence-electron chi connectivity index (χ1n) is 6.44. The number of rotatable bonds is 4. The summed E-state index contributed by atoms with van der Waals surface area (Å²) >= 11 is 0. The van der Waals surface area contributed by atoms with Gasteiger partial charge in [0.25, 0.3) is 0 Å². The number of primary amides is 1. The lowest BCUT2D eigenvalue weighted by Gasteiger charge is -2.26. The van der Waals surface area contributed by atoms with Crippen molar-refractivity contribution in [1.82, 2.24) is 9.88 Å². The summed E-state index contributed by atoms with van der Waals surface area (Å²) in [6, 6.07) is 3.23. The molecule has 6 heteroatoms. The summed E-state index contributed by atoms with van der Waals surface area (Å²) in [6.07, 6.45) is 4.76. The number of amides is 2. The second-order valence-electron chi connectivity index (χ2n) is 4.59. The molecule has 1 fully saturated rings. The van der Waals surface area contributed by atoms with Crippen LogP contribution in [0, 0.1) is 0 Å². The molecule has 0 saturated carbocycles. The van der Waals surface area contributed by atoms with Crippen LogP contribution < -0.4 is 11.1 Å². The number of likely N-dealkylation sites (tertiary alicyclic amines) is 1.